The molecule has 1 aromatic carbocycles. The number of hydrogen-bond acceptors (Lipinski definition) is 3. The standard InChI is InChI=1S/C19H24N2S/c1-14-8-4-5-9-16(14)13-12-15(2)21(3)19-20-17-10-6-7-11-18(17)22-19/h4-5,8-9H,2,6-7,10-13H2,1,3H3. The molecule has 0 saturated carbocycles. The summed E-state index contributed by atoms with van der Waals surface area (Å²) in [5.74, 6) is 0. The minimum absolute atomic E-state index is 0.978. The Morgan fingerprint density at radius 2 is 2.05 bits per heavy atom. The van der Waals surface area contributed by atoms with Crippen LogP contribution in [0.3, 0.4) is 0 Å². The van der Waals surface area contributed by atoms with E-state index >= 15 is 0 Å². The van der Waals surface area contributed by atoms with E-state index in [4.69, 9.17) is 4.98 Å². The van der Waals surface area contributed by atoms with Crippen molar-refractivity contribution in [3.05, 3.63) is 58.2 Å². The lowest BCUT2D eigenvalue weighted by Gasteiger charge is -2.19. The Hall–Kier alpha value is -1.61. The number of hydrogen-bond donors (Lipinski definition) is 0. The van der Waals surface area contributed by atoms with Gasteiger partial charge in [0.1, 0.15) is 0 Å². The van der Waals surface area contributed by atoms with E-state index < -0.39 is 0 Å². The largest absolute Gasteiger partial charge is 0.325 e. The van der Waals surface area contributed by atoms with E-state index in [9.17, 15) is 0 Å². The molecule has 1 aromatic heterocycles. The Morgan fingerprint density at radius 3 is 2.82 bits per heavy atom. The summed E-state index contributed by atoms with van der Waals surface area (Å²) < 4.78 is 0. The van der Waals surface area contributed by atoms with Gasteiger partial charge in [0.25, 0.3) is 0 Å². The maximum absolute atomic E-state index is 4.83. The first-order valence-corrected chi connectivity index (χ1v) is 8.91. The second-order valence-electron chi connectivity index (χ2n) is 6.13. The van der Waals surface area contributed by atoms with Crippen LogP contribution in [0.15, 0.2) is 36.5 Å². The number of fused-ring (bicyclic) bond motifs is 1. The zero-order chi connectivity index (χ0) is 15.5. The highest BCUT2D eigenvalue weighted by molar-refractivity contribution is 7.15. The summed E-state index contributed by atoms with van der Waals surface area (Å²) in [6.07, 6.45) is 6.97. The molecular formula is C19H24N2S. The zero-order valence-electron chi connectivity index (χ0n) is 13.6. The van der Waals surface area contributed by atoms with Gasteiger partial charge in [-0.15, -0.1) is 11.3 Å². The fourth-order valence-corrected chi connectivity index (χ4v) is 4.11. The molecule has 0 bridgehead atoms. The predicted octanol–water partition coefficient (Wildman–Crippen LogP) is 4.91. The molecule has 22 heavy (non-hydrogen) atoms. The van der Waals surface area contributed by atoms with Crippen molar-refractivity contribution >= 4 is 16.5 Å². The van der Waals surface area contributed by atoms with Gasteiger partial charge in [-0.05, 0) is 56.6 Å². The molecule has 0 atom stereocenters. The van der Waals surface area contributed by atoms with Crippen LogP contribution in [-0.2, 0) is 19.3 Å². The van der Waals surface area contributed by atoms with Gasteiger partial charge in [0.2, 0.25) is 0 Å². The smallest absolute Gasteiger partial charge is 0.189 e. The first kappa shape index (κ1) is 15.3. The first-order valence-electron chi connectivity index (χ1n) is 8.10. The van der Waals surface area contributed by atoms with E-state index in [0.29, 0.717) is 0 Å². The molecule has 0 amide bonds. The number of anilines is 1. The van der Waals surface area contributed by atoms with Crippen molar-refractivity contribution in [3.8, 4) is 0 Å². The van der Waals surface area contributed by atoms with E-state index in [0.717, 1.165) is 30.1 Å². The van der Waals surface area contributed by atoms with Gasteiger partial charge in [-0.25, -0.2) is 4.98 Å². The molecule has 0 spiro atoms. The summed E-state index contributed by atoms with van der Waals surface area (Å²) in [5.41, 5.74) is 5.25. The number of nitrogens with zero attached hydrogens (tertiary/aromatic N) is 2. The van der Waals surface area contributed by atoms with E-state index in [2.05, 4.69) is 49.7 Å². The number of rotatable bonds is 5. The van der Waals surface area contributed by atoms with Crippen LogP contribution < -0.4 is 4.90 Å². The quantitative estimate of drug-likeness (QED) is 0.779. The van der Waals surface area contributed by atoms with E-state index in [-0.39, 0.29) is 0 Å². The molecule has 0 saturated heterocycles. The summed E-state index contributed by atoms with van der Waals surface area (Å²) in [7, 11) is 2.10. The minimum atomic E-state index is 0.978. The summed E-state index contributed by atoms with van der Waals surface area (Å²) >= 11 is 1.85. The zero-order valence-corrected chi connectivity index (χ0v) is 14.4. The summed E-state index contributed by atoms with van der Waals surface area (Å²) in [6.45, 7) is 6.45. The second kappa shape index (κ2) is 6.66. The van der Waals surface area contributed by atoms with Crippen molar-refractivity contribution in [2.75, 3.05) is 11.9 Å². The lowest BCUT2D eigenvalue weighted by Crippen LogP contribution is -2.16. The van der Waals surface area contributed by atoms with Gasteiger partial charge in [-0.2, -0.15) is 0 Å². The number of allylic oxidation sites excluding steroid dienone is 1. The molecule has 3 heteroatoms. The molecule has 0 radical (unpaired) electrons. The molecule has 1 aliphatic rings. The van der Waals surface area contributed by atoms with Crippen molar-refractivity contribution in [2.24, 2.45) is 0 Å². The third kappa shape index (κ3) is 3.25. The van der Waals surface area contributed by atoms with Crippen molar-refractivity contribution in [3.63, 3.8) is 0 Å². The third-order valence-corrected chi connectivity index (χ3v) is 5.77. The van der Waals surface area contributed by atoms with E-state index in [1.54, 1.807) is 0 Å². The van der Waals surface area contributed by atoms with Crippen molar-refractivity contribution in [1.82, 2.24) is 4.98 Å². The Morgan fingerprint density at radius 1 is 1.27 bits per heavy atom. The molecule has 2 aromatic rings. The van der Waals surface area contributed by atoms with Crippen LogP contribution in [0.1, 0.15) is 41.0 Å². The fourth-order valence-electron chi connectivity index (χ4n) is 2.95. The van der Waals surface area contributed by atoms with Crippen LogP contribution in [0.2, 0.25) is 0 Å². The Bertz CT molecular complexity index is 648. The van der Waals surface area contributed by atoms with Crippen LogP contribution in [0.4, 0.5) is 5.13 Å². The van der Waals surface area contributed by atoms with Gasteiger partial charge in [-0.3, -0.25) is 0 Å². The van der Waals surface area contributed by atoms with Gasteiger partial charge in [0, 0.05) is 17.6 Å². The molecule has 1 heterocycles. The lowest BCUT2D eigenvalue weighted by atomic mass is 10.0. The van der Waals surface area contributed by atoms with Gasteiger partial charge in [0.05, 0.1) is 5.69 Å². The van der Waals surface area contributed by atoms with Crippen LogP contribution in [0, 0.1) is 6.92 Å². The Kier molecular flexibility index (Phi) is 4.63. The van der Waals surface area contributed by atoms with Crippen LogP contribution in [0.5, 0.6) is 0 Å². The molecular weight excluding hydrogens is 288 g/mol. The highest BCUT2D eigenvalue weighted by Crippen LogP contribution is 2.32. The van der Waals surface area contributed by atoms with Gasteiger partial charge < -0.3 is 4.90 Å². The van der Waals surface area contributed by atoms with Gasteiger partial charge in [0.15, 0.2) is 5.13 Å². The maximum atomic E-state index is 4.83. The number of thiazole rings is 1. The van der Waals surface area contributed by atoms with Gasteiger partial charge in [-0.1, -0.05) is 30.8 Å². The van der Waals surface area contributed by atoms with E-state index in [1.807, 2.05) is 11.3 Å². The van der Waals surface area contributed by atoms with E-state index in [1.165, 1.54) is 41.0 Å². The monoisotopic (exact) mass is 312 g/mol. The van der Waals surface area contributed by atoms with Gasteiger partial charge >= 0.3 is 0 Å². The second-order valence-corrected chi connectivity index (χ2v) is 7.19. The van der Waals surface area contributed by atoms with Crippen molar-refractivity contribution in [2.45, 2.75) is 45.4 Å². The highest BCUT2D eigenvalue weighted by atomic mass is 32.1. The summed E-state index contributed by atoms with van der Waals surface area (Å²) in [5, 5.41) is 1.11. The molecule has 0 N–H and O–H groups in total. The van der Waals surface area contributed by atoms with Crippen molar-refractivity contribution < 1.29 is 0 Å². The Labute approximate surface area is 137 Å². The molecule has 0 unspecified atom stereocenters. The topological polar surface area (TPSA) is 16.1 Å². The minimum Gasteiger partial charge on any atom is -0.325 e. The summed E-state index contributed by atoms with van der Waals surface area (Å²) in [4.78, 5) is 8.50. The number of aromatic nitrogens is 1. The molecule has 116 valence electrons. The predicted molar refractivity (Wildman–Crippen MR) is 95.8 cm³/mol. The normalized spacial score (nSPS) is 13.7. The van der Waals surface area contributed by atoms with Crippen LogP contribution >= 0.6 is 11.3 Å². The molecule has 3 rings (SSSR count). The molecule has 2 nitrogen and oxygen atoms in total. The van der Waals surface area contributed by atoms with Crippen LogP contribution in [0.25, 0.3) is 0 Å². The SMILES string of the molecule is C=C(CCc1ccccc1C)N(C)c1nc2c(s1)CCCC2. The summed E-state index contributed by atoms with van der Waals surface area (Å²) in [6, 6.07) is 8.60. The number of benzene rings is 1. The van der Waals surface area contributed by atoms with Crippen molar-refractivity contribution in [1.29, 1.82) is 0 Å². The lowest BCUT2D eigenvalue weighted by molar-refractivity contribution is 0.682. The highest BCUT2D eigenvalue weighted by Gasteiger charge is 2.18. The molecule has 1 aliphatic carbocycles. The Balaban J connectivity index is 1.64. The number of aryl methyl sites for hydroxylation is 4. The maximum Gasteiger partial charge on any atom is 0.189 e. The fraction of sp³-hybridized carbons (Fsp3) is 0.421. The molecule has 0 fully saturated rings. The van der Waals surface area contributed by atoms with Crippen LogP contribution in [-0.4, -0.2) is 12.0 Å². The average molecular weight is 312 g/mol. The molecule has 0 aliphatic heterocycles. The third-order valence-electron chi connectivity index (χ3n) is 4.54. The average Bonchev–Trinajstić information content (AvgIpc) is 2.97. The first-order chi connectivity index (χ1) is 10.6.